The Morgan fingerprint density at radius 1 is 1.26 bits per heavy atom. The number of amides is 2. The Morgan fingerprint density at radius 2 is 1.96 bits per heavy atom. The third kappa shape index (κ3) is 4.34. The van der Waals surface area contributed by atoms with Gasteiger partial charge in [-0.1, -0.05) is 30.8 Å². The van der Waals surface area contributed by atoms with E-state index in [2.05, 4.69) is 17.2 Å². The minimum absolute atomic E-state index is 0.0267. The van der Waals surface area contributed by atoms with E-state index < -0.39 is 0 Å². The predicted molar refractivity (Wildman–Crippen MR) is 95.8 cm³/mol. The van der Waals surface area contributed by atoms with Gasteiger partial charge in [0.05, 0.1) is 0 Å². The number of aryl methyl sites for hydroxylation is 1. The van der Waals surface area contributed by atoms with Crippen LogP contribution in [0.5, 0.6) is 0 Å². The number of amidine groups is 1. The normalized spacial score (nSPS) is 19.4. The van der Waals surface area contributed by atoms with Gasteiger partial charge in [0.2, 0.25) is 11.8 Å². The minimum atomic E-state index is -0.379. The monoisotopic (exact) mass is 333 g/mol. The van der Waals surface area contributed by atoms with Gasteiger partial charge >= 0.3 is 0 Å². The lowest BCUT2D eigenvalue weighted by atomic mass is 10.1. The first-order chi connectivity index (χ1) is 11.1. The fourth-order valence-electron chi connectivity index (χ4n) is 2.39. The van der Waals surface area contributed by atoms with Gasteiger partial charge in [-0.3, -0.25) is 19.5 Å². The quantitative estimate of drug-likeness (QED) is 0.871. The molecule has 1 N–H and O–H groups in total. The average molecular weight is 333 g/mol. The summed E-state index contributed by atoms with van der Waals surface area (Å²) in [6.07, 6.45) is 1.13. The van der Waals surface area contributed by atoms with Crippen LogP contribution in [0.25, 0.3) is 0 Å². The first-order valence-corrected chi connectivity index (χ1v) is 8.88. The molecule has 0 bridgehead atoms. The van der Waals surface area contributed by atoms with Crippen molar-refractivity contribution in [1.29, 1.82) is 0 Å². The third-order valence-corrected chi connectivity index (χ3v) is 4.86. The summed E-state index contributed by atoms with van der Waals surface area (Å²) in [5.74, 6) is -0.171. The van der Waals surface area contributed by atoms with Gasteiger partial charge in [-0.05, 0) is 38.0 Å². The van der Waals surface area contributed by atoms with Gasteiger partial charge in [0.1, 0.15) is 5.25 Å². The number of nitrogens with zero attached hydrogens (tertiary/aromatic N) is 2. The maximum atomic E-state index is 12.3. The van der Waals surface area contributed by atoms with Crippen LogP contribution in [-0.2, 0) is 16.0 Å². The molecule has 1 heterocycles. The molecule has 124 valence electrons. The van der Waals surface area contributed by atoms with Crippen LogP contribution >= 0.6 is 11.8 Å². The van der Waals surface area contributed by atoms with Crippen molar-refractivity contribution in [3.63, 3.8) is 0 Å². The smallest absolute Gasteiger partial charge is 0.242 e. The molecule has 0 aliphatic carbocycles. The number of benzene rings is 1. The zero-order chi connectivity index (χ0) is 16.8. The summed E-state index contributed by atoms with van der Waals surface area (Å²) in [6.45, 7) is 7.16. The van der Waals surface area contributed by atoms with Crippen LogP contribution < -0.4 is 5.32 Å². The third-order valence-electron chi connectivity index (χ3n) is 3.65. The van der Waals surface area contributed by atoms with Gasteiger partial charge in [0.25, 0.3) is 0 Å². The number of anilines is 1. The second-order valence-electron chi connectivity index (χ2n) is 5.25. The van der Waals surface area contributed by atoms with Crippen LogP contribution in [0.3, 0.4) is 0 Å². The van der Waals surface area contributed by atoms with E-state index >= 15 is 0 Å². The summed E-state index contributed by atoms with van der Waals surface area (Å²) in [6, 6.07) is 7.77. The number of carbonyl (C=O) groups excluding carboxylic acids is 2. The number of nitrogens with one attached hydrogen (secondary N) is 1. The summed E-state index contributed by atoms with van der Waals surface area (Å²) in [5.41, 5.74) is 1.99. The Bertz CT molecular complexity index is 598. The van der Waals surface area contributed by atoms with Crippen LogP contribution in [0, 0.1) is 0 Å². The van der Waals surface area contributed by atoms with Crippen molar-refractivity contribution in [3.8, 4) is 0 Å². The zero-order valence-corrected chi connectivity index (χ0v) is 14.7. The Balaban J connectivity index is 1.97. The van der Waals surface area contributed by atoms with Gasteiger partial charge < -0.3 is 5.32 Å². The van der Waals surface area contributed by atoms with Crippen LogP contribution in [-0.4, -0.2) is 40.2 Å². The maximum Gasteiger partial charge on any atom is 0.242 e. The summed E-state index contributed by atoms with van der Waals surface area (Å²) >= 11 is 1.39. The largest absolute Gasteiger partial charge is 0.326 e. The van der Waals surface area contributed by atoms with E-state index in [1.54, 1.807) is 4.90 Å². The number of thioether (sulfide) groups is 1. The molecule has 1 aromatic carbocycles. The molecule has 2 rings (SSSR count). The molecule has 5 nitrogen and oxygen atoms in total. The van der Waals surface area contributed by atoms with Gasteiger partial charge in [0, 0.05) is 25.2 Å². The highest BCUT2D eigenvalue weighted by Gasteiger charge is 2.37. The number of rotatable bonds is 6. The first-order valence-electron chi connectivity index (χ1n) is 8.00. The SMILES string of the molecule is CCN=C1SC(CC(=O)Nc2ccc(CC)cc2)C(=O)N1CC. The lowest BCUT2D eigenvalue weighted by molar-refractivity contribution is -0.128. The molecule has 0 aromatic heterocycles. The van der Waals surface area contributed by atoms with Gasteiger partial charge in [-0.25, -0.2) is 0 Å². The Morgan fingerprint density at radius 3 is 2.52 bits per heavy atom. The van der Waals surface area contributed by atoms with Gasteiger partial charge in [0.15, 0.2) is 5.17 Å². The van der Waals surface area contributed by atoms with E-state index in [0.29, 0.717) is 13.1 Å². The van der Waals surface area contributed by atoms with Crippen molar-refractivity contribution in [2.24, 2.45) is 4.99 Å². The summed E-state index contributed by atoms with van der Waals surface area (Å²) in [7, 11) is 0. The lowest BCUT2D eigenvalue weighted by Crippen LogP contribution is -2.33. The molecular weight excluding hydrogens is 310 g/mol. The highest BCUT2D eigenvalue weighted by Crippen LogP contribution is 2.29. The minimum Gasteiger partial charge on any atom is -0.326 e. The molecule has 1 aliphatic rings. The van der Waals surface area contributed by atoms with Crippen molar-refractivity contribution >= 4 is 34.4 Å². The molecule has 0 spiro atoms. The van der Waals surface area contributed by atoms with Crippen molar-refractivity contribution in [3.05, 3.63) is 29.8 Å². The van der Waals surface area contributed by atoms with E-state index in [1.165, 1.54) is 17.3 Å². The van der Waals surface area contributed by atoms with Gasteiger partial charge in [-0.2, -0.15) is 0 Å². The molecule has 1 atom stereocenters. The number of hydrogen-bond donors (Lipinski definition) is 1. The number of hydrogen-bond acceptors (Lipinski definition) is 4. The molecular formula is C17H23N3O2S. The van der Waals surface area contributed by atoms with Crippen molar-refractivity contribution in [2.75, 3.05) is 18.4 Å². The zero-order valence-electron chi connectivity index (χ0n) is 13.8. The molecule has 1 fully saturated rings. The first kappa shape index (κ1) is 17.5. The number of carbonyl (C=O) groups is 2. The Hall–Kier alpha value is -1.82. The van der Waals surface area contributed by atoms with Crippen LogP contribution in [0.1, 0.15) is 32.8 Å². The van der Waals surface area contributed by atoms with E-state index in [1.807, 2.05) is 38.1 Å². The standard InChI is InChI=1S/C17H23N3O2S/c1-4-12-7-9-13(10-8-12)19-15(21)11-14-16(22)20(6-3)17(23-14)18-5-2/h7-10,14H,4-6,11H2,1-3H3,(H,19,21). The molecule has 1 aromatic rings. The Kier molecular flexibility index (Phi) is 6.21. The molecule has 6 heteroatoms. The van der Waals surface area contributed by atoms with Crippen molar-refractivity contribution in [2.45, 2.75) is 38.9 Å². The maximum absolute atomic E-state index is 12.3. The van der Waals surface area contributed by atoms with E-state index in [-0.39, 0.29) is 23.5 Å². The fourth-order valence-corrected chi connectivity index (χ4v) is 3.66. The molecule has 1 aliphatic heterocycles. The summed E-state index contributed by atoms with van der Waals surface area (Å²) in [4.78, 5) is 30.5. The lowest BCUT2D eigenvalue weighted by Gasteiger charge is -2.13. The van der Waals surface area contributed by atoms with Crippen molar-refractivity contribution < 1.29 is 9.59 Å². The van der Waals surface area contributed by atoms with E-state index in [4.69, 9.17) is 0 Å². The van der Waals surface area contributed by atoms with Crippen LogP contribution in [0.15, 0.2) is 29.3 Å². The van der Waals surface area contributed by atoms with E-state index in [9.17, 15) is 9.59 Å². The molecule has 0 saturated carbocycles. The van der Waals surface area contributed by atoms with Crippen molar-refractivity contribution in [1.82, 2.24) is 4.90 Å². The second-order valence-corrected chi connectivity index (χ2v) is 6.42. The van der Waals surface area contributed by atoms with Gasteiger partial charge in [-0.15, -0.1) is 0 Å². The van der Waals surface area contributed by atoms with Crippen LogP contribution in [0.4, 0.5) is 5.69 Å². The molecule has 0 radical (unpaired) electrons. The predicted octanol–water partition coefficient (Wildman–Crippen LogP) is 2.92. The molecule has 2 amide bonds. The molecule has 1 unspecified atom stereocenters. The average Bonchev–Trinajstić information content (AvgIpc) is 2.83. The van der Waals surface area contributed by atoms with Crippen LogP contribution in [0.2, 0.25) is 0 Å². The summed E-state index contributed by atoms with van der Waals surface area (Å²) < 4.78 is 0. The number of aliphatic imine (C=N–C) groups is 1. The summed E-state index contributed by atoms with van der Waals surface area (Å²) in [5, 5.41) is 3.20. The second kappa shape index (κ2) is 8.15. The Labute approximate surface area is 141 Å². The molecule has 1 saturated heterocycles. The highest BCUT2D eigenvalue weighted by atomic mass is 32.2. The topological polar surface area (TPSA) is 61.8 Å². The molecule has 23 heavy (non-hydrogen) atoms. The fraction of sp³-hybridized carbons (Fsp3) is 0.471. The highest BCUT2D eigenvalue weighted by molar-refractivity contribution is 8.15. The van der Waals surface area contributed by atoms with E-state index in [0.717, 1.165) is 17.3 Å².